The monoisotopic (exact) mass is 313 g/mol. The zero-order valence-electron chi connectivity index (χ0n) is 9.43. The summed E-state index contributed by atoms with van der Waals surface area (Å²) in [5.41, 5.74) is 8.86. The molecule has 0 aliphatic carbocycles. The minimum Gasteiger partial charge on any atom is -0.382 e. The maximum absolute atomic E-state index is 6.04. The smallest absolute Gasteiger partial charge is 0.149 e. The van der Waals surface area contributed by atoms with Gasteiger partial charge in [-0.05, 0) is 24.6 Å². The Kier molecular flexibility index (Phi) is 3.74. The molecule has 0 aliphatic rings. The van der Waals surface area contributed by atoms with Crippen molar-refractivity contribution in [1.82, 2.24) is 10.2 Å². The van der Waals surface area contributed by atoms with Crippen molar-refractivity contribution in [1.29, 1.82) is 0 Å². The van der Waals surface area contributed by atoms with Gasteiger partial charge in [-0.25, -0.2) is 0 Å². The predicted octanol–water partition coefficient (Wildman–Crippen LogP) is 4.03. The molecule has 0 saturated heterocycles. The van der Waals surface area contributed by atoms with E-state index in [1.165, 1.54) is 0 Å². The minimum absolute atomic E-state index is 0.568. The lowest BCUT2D eigenvalue weighted by molar-refractivity contribution is 0.927. The number of hydrogen-bond donors (Lipinski definition) is 2. The van der Waals surface area contributed by atoms with E-state index in [2.05, 4.69) is 33.1 Å². The average Bonchev–Trinajstić information content (AvgIpc) is 2.60. The molecule has 2 rings (SSSR count). The Morgan fingerprint density at radius 2 is 2.18 bits per heavy atom. The predicted molar refractivity (Wildman–Crippen MR) is 75.1 cm³/mol. The Morgan fingerprint density at radius 3 is 2.82 bits per heavy atom. The van der Waals surface area contributed by atoms with E-state index in [9.17, 15) is 0 Å². The van der Waals surface area contributed by atoms with Gasteiger partial charge in [-0.15, -0.1) is 0 Å². The zero-order chi connectivity index (χ0) is 12.4. The van der Waals surface area contributed by atoms with E-state index in [4.69, 9.17) is 17.3 Å². The second-order valence-electron chi connectivity index (χ2n) is 3.87. The largest absolute Gasteiger partial charge is 0.382 e. The first kappa shape index (κ1) is 12.5. The van der Waals surface area contributed by atoms with E-state index >= 15 is 0 Å². The number of nitrogens with zero attached hydrogens (tertiary/aromatic N) is 1. The summed E-state index contributed by atoms with van der Waals surface area (Å²) < 4.78 is 0.940. The molecule has 0 spiro atoms. The van der Waals surface area contributed by atoms with Crippen molar-refractivity contribution in [3.05, 3.63) is 33.3 Å². The molecule has 0 radical (unpaired) electrons. The summed E-state index contributed by atoms with van der Waals surface area (Å²) in [6.45, 7) is 2.12. The van der Waals surface area contributed by atoms with E-state index in [1.54, 1.807) is 0 Å². The number of nitrogens with two attached hydrogens (primary N) is 1. The third kappa shape index (κ3) is 2.64. The van der Waals surface area contributed by atoms with E-state index in [1.807, 2.05) is 18.2 Å². The summed E-state index contributed by atoms with van der Waals surface area (Å²) in [6.07, 6.45) is 1.93. The van der Waals surface area contributed by atoms with Crippen molar-refractivity contribution in [2.75, 3.05) is 5.73 Å². The fraction of sp³-hybridized carbons (Fsp3) is 0.250. The maximum atomic E-state index is 6.04. The van der Waals surface area contributed by atoms with Crippen molar-refractivity contribution in [3.8, 4) is 11.3 Å². The SMILES string of the molecule is CCCc1c(N)n[nH]c1-c1cc(Cl)cc(Br)c1. The summed E-state index contributed by atoms with van der Waals surface area (Å²) in [5.74, 6) is 0.568. The molecule has 90 valence electrons. The number of anilines is 1. The van der Waals surface area contributed by atoms with Crippen LogP contribution in [0.1, 0.15) is 18.9 Å². The van der Waals surface area contributed by atoms with Crippen LogP contribution in [0.5, 0.6) is 0 Å². The second kappa shape index (κ2) is 5.10. The molecule has 0 saturated carbocycles. The maximum Gasteiger partial charge on any atom is 0.149 e. The quantitative estimate of drug-likeness (QED) is 0.898. The minimum atomic E-state index is 0.568. The van der Waals surface area contributed by atoms with E-state index in [-0.39, 0.29) is 0 Å². The van der Waals surface area contributed by atoms with Crippen molar-refractivity contribution < 1.29 is 0 Å². The number of nitrogen functional groups attached to an aromatic ring is 1. The molecule has 0 atom stereocenters. The molecule has 0 amide bonds. The molecule has 0 aliphatic heterocycles. The molecule has 3 N–H and O–H groups in total. The third-order valence-corrected chi connectivity index (χ3v) is 3.23. The Bertz CT molecular complexity index is 516. The van der Waals surface area contributed by atoms with Crippen LogP contribution in [-0.2, 0) is 6.42 Å². The fourth-order valence-corrected chi connectivity index (χ4v) is 2.68. The van der Waals surface area contributed by atoms with Gasteiger partial charge in [0.2, 0.25) is 0 Å². The van der Waals surface area contributed by atoms with Gasteiger partial charge in [0, 0.05) is 20.6 Å². The molecular weight excluding hydrogens is 302 g/mol. The lowest BCUT2D eigenvalue weighted by Crippen LogP contribution is -1.92. The molecule has 5 heteroatoms. The topological polar surface area (TPSA) is 54.7 Å². The highest BCUT2D eigenvalue weighted by molar-refractivity contribution is 9.10. The number of nitrogens with one attached hydrogen (secondary N) is 1. The highest BCUT2D eigenvalue weighted by Crippen LogP contribution is 2.30. The van der Waals surface area contributed by atoms with Crippen LogP contribution in [0.15, 0.2) is 22.7 Å². The standard InChI is InChI=1S/C12H13BrClN3/c1-2-3-10-11(16-17-12(10)15)7-4-8(13)6-9(14)5-7/h4-6H,2-3H2,1H3,(H3,15,16,17). The summed E-state index contributed by atoms with van der Waals surface area (Å²) >= 11 is 9.47. The number of aromatic nitrogens is 2. The molecule has 1 heterocycles. The Hall–Kier alpha value is -1.000. The molecule has 0 fully saturated rings. The number of hydrogen-bond acceptors (Lipinski definition) is 2. The van der Waals surface area contributed by atoms with Crippen molar-refractivity contribution >= 4 is 33.3 Å². The normalized spacial score (nSPS) is 10.8. The Labute approximate surface area is 113 Å². The molecule has 17 heavy (non-hydrogen) atoms. The van der Waals surface area contributed by atoms with Gasteiger partial charge in [0.15, 0.2) is 0 Å². The number of halogens is 2. The molecule has 1 aromatic heterocycles. The molecule has 0 unspecified atom stereocenters. The van der Waals surface area contributed by atoms with Gasteiger partial charge < -0.3 is 5.73 Å². The van der Waals surface area contributed by atoms with Crippen LogP contribution in [0.2, 0.25) is 5.02 Å². The van der Waals surface area contributed by atoms with Crippen molar-refractivity contribution in [2.24, 2.45) is 0 Å². The first-order chi connectivity index (χ1) is 8.11. The molecule has 0 bridgehead atoms. The summed E-state index contributed by atoms with van der Waals surface area (Å²) in [6, 6.07) is 5.75. The molecule has 1 aromatic carbocycles. The van der Waals surface area contributed by atoms with Gasteiger partial charge in [0.1, 0.15) is 5.82 Å². The van der Waals surface area contributed by atoms with Crippen LogP contribution in [0.3, 0.4) is 0 Å². The number of aromatic amines is 1. The first-order valence-corrected chi connectivity index (χ1v) is 6.58. The van der Waals surface area contributed by atoms with Crippen LogP contribution < -0.4 is 5.73 Å². The Morgan fingerprint density at radius 1 is 1.41 bits per heavy atom. The number of benzene rings is 1. The Balaban J connectivity index is 2.52. The average molecular weight is 315 g/mol. The third-order valence-electron chi connectivity index (χ3n) is 2.55. The second-order valence-corrected chi connectivity index (χ2v) is 5.22. The van der Waals surface area contributed by atoms with E-state index < -0.39 is 0 Å². The zero-order valence-corrected chi connectivity index (χ0v) is 11.8. The van der Waals surface area contributed by atoms with Crippen LogP contribution >= 0.6 is 27.5 Å². The number of H-pyrrole nitrogens is 1. The summed E-state index contributed by atoms with van der Waals surface area (Å²) in [5, 5.41) is 7.73. The van der Waals surface area contributed by atoms with Gasteiger partial charge in [-0.1, -0.05) is 40.9 Å². The van der Waals surface area contributed by atoms with Crippen molar-refractivity contribution in [2.45, 2.75) is 19.8 Å². The van der Waals surface area contributed by atoms with Gasteiger partial charge in [-0.2, -0.15) is 5.10 Å². The number of rotatable bonds is 3. The van der Waals surface area contributed by atoms with Crippen LogP contribution in [0.4, 0.5) is 5.82 Å². The van der Waals surface area contributed by atoms with Gasteiger partial charge in [0.05, 0.1) is 5.69 Å². The van der Waals surface area contributed by atoms with Crippen LogP contribution in [-0.4, -0.2) is 10.2 Å². The van der Waals surface area contributed by atoms with Crippen molar-refractivity contribution in [3.63, 3.8) is 0 Å². The molecule has 3 nitrogen and oxygen atoms in total. The van der Waals surface area contributed by atoms with Gasteiger partial charge in [0.25, 0.3) is 0 Å². The highest BCUT2D eigenvalue weighted by Gasteiger charge is 2.12. The van der Waals surface area contributed by atoms with Crippen LogP contribution in [0, 0.1) is 0 Å². The van der Waals surface area contributed by atoms with Gasteiger partial charge >= 0.3 is 0 Å². The fourth-order valence-electron chi connectivity index (χ4n) is 1.82. The lowest BCUT2D eigenvalue weighted by atomic mass is 10.0. The van der Waals surface area contributed by atoms with E-state index in [0.29, 0.717) is 10.8 Å². The summed E-state index contributed by atoms with van der Waals surface area (Å²) in [7, 11) is 0. The van der Waals surface area contributed by atoms with E-state index in [0.717, 1.165) is 34.1 Å². The molecular formula is C12H13BrClN3. The first-order valence-electron chi connectivity index (χ1n) is 5.41. The molecule has 2 aromatic rings. The summed E-state index contributed by atoms with van der Waals surface area (Å²) in [4.78, 5) is 0. The van der Waals surface area contributed by atoms with Crippen LogP contribution in [0.25, 0.3) is 11.3 Å². The lowest BCUT2D eigenvalue weighted by Gasteiger charge is -2.04. The van der Waals surface area contributed by atoms with Gasteiger partial charge in [-0.3, -0.25) is 5.10 Å². The highest BCUT2D eigenvalue weighted by atomic mass is 79.9.